The van der Waals surface area contributed by atoms with Crippen molar-refractivity contribution in [1.29, 1.82) is 0 Å². The van der Waals surface area contributed by atoms with Gasteiger partial charge in [-0.3, -0.25) is 9.69 Å². The molecule has 1 aromatic carbocycles. The first-order valence-corrected chi connectivity index (χ1v) is 9.20. The first-order chi connectivity index (χ1) is 13.1. The molecule has 0 aliphatic carbocycles. The summed E-state index contributed by atoms with van der Waals surface area (Å²) >= 11 is 0. The van der Waals surface area contributed by atoms with Crippen LogP contribution in [0.15, 0.2) is 22.6 Å². The van der Waals surface area contributed by atoms with Crippen LogP contribution in [0, 0.1) is 0 Å². The fourth-order valence-electron chi connectivity index (χ4n) is 3.41. The summed E-state index contributed by atoms with van der Waals surface area (Å²) in [6.45, 7) is 4.82. The molecule has 1 aliphatic rings. The molecule has 1 unspecified atom stereocenters. The molecule has 2 heterocycles. The molecule has 1 saturated heterocycles. The van der Waals surface area contributed by atoms with Gasteiger partial charge in [-0.2, -0.15) is 0 Å². The molecule has 1 amide bonds. The zero-order chi connectivity index (χ0) is 19.2. The number of hydrogen-bond donors (Lipinski definition) is 1. The number of amides is 1. The Hall–Kier alpha value is -2.61. The summed E-state index contributed by atoms with van der Waals surface area (Å²) in [6.07, 6.45) is 2.68. The Kier molecular flexibility index (Phi) is 6.28. The van der Waals surface area contributed by atoms with Gasteiger partial charge in [0.25, 0.3) is 0 Å². The zero-order valence-electron chi connectivity index (χ0n) is 16.0. The van der Waals surface area contributed by atoms with Gasteiger partial charge in [0.05, 0.1) is 20.6 Å². The van der Waals surface area contributed by atoms with E-state index in [9.17, 15) is 4.79 Å². The summed E-state index contributed by atoms with van der Waals surface area (Å²) in [6, 6.07) is 5.94. The van der Waals surface area contributed by atoms with Gasteiger partial charge in [-0.15, -0.1) is 10.2 Å². The molecule has 3 rings (SSSR count). The molecule has 1 fully saturated rings. The van der Waals surface area contributed by atoms with E-state index in [0.29, 0.717) is 36.4 Å². The minimum atomic E-state index is -0.330. The van der Waals surface area contributed by atoms with E-state index in [1.54, 1.807) is 14.2 Å². The first kappa shape index (κ1) is 19.2. The average Bonchev–Trinajstić information content (AvgIpc) is 3.35. The molecular weight excluding hydrogens is 348 g/mol. The van der Waals surface area contributed by atoms with Gasteiger partial charge in [0.2, 0.25) is 5.89 Å². The van der Waals surface area contributed by atoms with Crippen LogP contribution in [0.2, 0.25) is 0 Å². The lowest BCUT2D eigenvalue weighted by Gasteiger charge is -2.22. The lowest BCUT2D eigenvalue weighted by molar-refractivity contribution is 0.0905. The minimum Gasteiger partial charge on any atom is -0.493 e. The number of aromatic nitrogens is 2. The van der Waals surface area contributed by atoms with Crippen LogP contribution in [0.25, 0.3) is 0 Å². The fraction of sp³-hybridized carbons (Fsp3) is 0.526. The summed E-state index contributed by atoms with van der Waals surface area (Å²) in [5.41, 5.74) is 0.924. The van der Waals surface area contributed by atoms with Crippen LogP contribution < -0.4 is 14.8 Å². The van der Waals surface area contributed by atoms with Gasteiger partial charge in [0.15, 0.2) is 11.5 Å². The molecule has 0 bridgehead atoms. The molecular formula is C19H26N4O4. The molecule has 1 atom stereocenters. The van der Waals surface area contributed by atoms with Crippen molar-refractivity contribution in [3.05, 3.63) is 35.5 Å². The van der Waals surface area contributed by atoms with Crippen LogP contribution in [0.3, 0.4) is 0 Å². The number of ether oxygens (including phenoxy) is 2. The standard InChI is InChI=1S/C19H26N4O4/c1-4-23-9-5-6-14(23)12-20-18(24)19-22-21-17(27-19)11-13-7-8-15(25-2)16(10-13)26-3/h7-8,10,14H,4-6,9,11-12H2,1-3H3,(H,20,24). The highest BCUT2D eigenvalue weighted by Crippen LogP contribution is 2.28. The highest BCUT2D eigenvalue weighted by atomic mass is 16.5. The second-order valence-electron chi connectivity index (χ2n) is 6.50. The first-order valence-electron chi connectivity index (χ1n) is 9.20. The van der Waals surface area contributed by atoms with Gasteiger partial charge >= 0.3 is 11.8 Å². The quantitative estimate of drug-likeness (QED) is 0.755. The number of benzene rings is 1. The molecule has 0 spiro atoms. The Bertz CT molecular complexity index is 777. The number of likely N-dealkylation sites (tertiary alicyclic amines) is 1. The number of likely N-dealkylation sites (N-methyl/N-ethyl adjacent to an activating group) is 1. The van der Waals surface area contributed by atoms with Crippen molar-refractivity contribution in [2.24, 2.45) is 0 Å². The van der Waals surface area contributed by atoms with E-state index < -0.39 is 0 Å². The monoisotopic (exact) mass is 374 g/mol. The van der Waals surface area contributed by atoms with Crippen LogP contribution in [-0.2, 0) is 6.42 Å². The summed E-state index contributed by atoms with van der Waals surface area (Å²) < 4.78 is 16.1. The molecule has 1 aliphatic heterocycles. The number of carbonyl (C=O) groups is 1. The Morgan fingerprint density at radius 3 is 2.85 bits per heavy atom. The molecule has 8 heteroatoms. The SMILES string of the molecule is CCN1CCCC1CNC(=O)c1nnc(Cc2ccc(OC)c(OC)c2)o1. The third-order valence-corrected chi connectivity index (χ3v) is 4.87. The van der Waals surface area contributed by atoms with E-state index >= 15 is 0 Å². The second-order valence-corrected chi connectivity index (χ2v) is 6.50. The smallest absolute Gasteiger partial charge is 0.308 e. The third-order valence-electron chi connectivity index (χ3n) is 4.87. The second kappa shape index (κ2) is 8.85. The molecule has 2 aromatic rings. The topological polar surface area (TPSA) is 89.7 Å². The van der Waals surface area contributed by atoms with E-state index in [-0.39, 0.29) is 11.8 Å². The molecule has 1 aromatic heterocycles. The Labute approximate surface area is 158 Å². The highest BCUT2D eigenvalue weighted by molar-refractivity contribution is 5.89. The maximum atomic E-state index is 12.3. The molecule has 1 N–H and O–H groups in total. The van der Waals surface area contributed by atoms with Gasteiger partial charge in [-0.1, -0.05) is 13.0 Å². The van der Waals surface area contributed by atoms with Crippen LogP contribution in [0.4, 0.5) is 0 Å². The fourth-order valence-corrected chi connectivity index (χ4v) is 3.41. The van der Waals surface area contributed by atoms with Crippen LogP contribution in [0.1, 0.15) is 41.9 Å². The van der Waals surface area contributed by atoms with E-state index in [4.69, 9.17) is 13.9 Å². The number of nitrogens with zero attached hydrogens (tertiary/aromatic N) is 3. The lowest BCUT2D eigenvalue weighted by atomic mass is 10.1. The van der Waals surface area contributed by atoms with Gasteiger partial charge in [-0.05, 0) is 43.6 Å². The lowest BCUT2D eigenvalue weighted by Crippen LogP contribution is -2.40. The number of carbonyl (C=O) groups excluding carboxylic acids is 1. The van der Waals surface area contributed by atoms with Crippen molar-refractivity contribution < 1.29 is 18.7 Å². The predicted molar refractivity (Wildman–Crippen MR) is 99.3 cm³/mol. The molecule has 27 heavy (non-hydrogen) atoms. The maximum absolute atomic E-state index is 12.3. The van der Waals surface area contributed by atoms with E-state index in [0.717, 1.165) is 25.1 Å². The molecule has 0 radical (unpaired) electrons. The van der Waals surface area contributed by atoms with Gasteiger partial charge in [0.1, 0.15) is 0 Å². The maximum Gasteiger partial charge on any atom is 0.308 e. The molecule has 0 saturated carbocycles. The van der Waals surface area contributed by atoms with Crippen molar-refractivity contribution in [2.75, 3.05) is 33.9 Å². The number of hydrogen-bond acceptors (Lipinski definition) is 7. The van der Waals surface area contributed by atoms with Crippen molar-refractivity contribution >= 4 is 5.91 Å². The van der Waals surface area contributed by atoms with Crippen LogP contribution >= 0.6 is 0 Å². The number of rotatable bonds is 8. The van der Waals surface area contributed by atoms with Gasteiger partial charge < -0.3 is 19.2 Å². The predicted octanol–water partition coefficient (Wildman–Crippen LogP) is 1.89. The van der Waals surface area contributed by atoms with Crippen molar-refractivity contribution in [3.8, 4) is 11.5 Å². The summed E-state index contributed by atoms with van der Waals surface area (Å²) in [7, 11) is 3.17. The molecule has 146 valence electrons. The van der Waals surface area contributed by atoms with Gasteiger partial charge in [-0.25, -0.2) is 0 Å². The van der Waals surface area contributed by atoms with E-state index in [2.05, 4.69) is 27.3 Å². The molecule has 8 nitrogen and oxygen atoms in total. The van der Waals surface area contributed by atoms with Crippen molar-refractivity contribution in [3.63, 3.8) is 0 Å². The normalized spacial score (nSPS) is 17.1. The third kappa shape index (κ3) is 4.57. The summed E-state index contributed by atoms with van der Waals surface area (Å²) in [5.74, 6) is 1.32. The number of methoxy groups -OCH3 is 2. The van der Waals surface area contributed by atoms with Crippen LogP contribution in [0.5, 0.6) is 11.5 Å². The Morgan fingerprint density at radius 1 is 1.30 bits per heavy atom. The largest absolute Gasteiger partial charge is 0.493 e. The minimum absolute atomic E-state index is 0.00785. The van der Waals surface area contributed by atoms with E-state index in [1.807, 2.05) is 18.2 Å². The number of nitrogens with one attached hydrogen (secondary N) is 1. The Balaban J connectivity index is 1.58. The van der Waals surface area contributed by atoms with Crippen molar-refractivity contribution in [2.45, 2.75) is 32.2 Å². The zero-order valence-corrected chi connectivity index (χ0v) is 16.0. The van der Waals surface area contributed by atoms with Crippen LogP contribution in [-0.4, -0.2) is 60.9 Å². The summed E-state index contributed by atoms with van der Waals surface area (Å²) in [4.78, 5) is 14.7. The van der Waals surface area contributed by atoms with Gasteiger partial charge in [0, 0.05) is 12.6 Å². The van der Waals surface area contributed by atoms with Crippen molar-refractivity contribution in [1.82, 2.24) is 20.4 Å². The average molecular weight is 374 g/mol. The van der Waals surface area contributed by atoms with E-state index in [1.165, 1.54) is 6.42 Å². The Morgan fingerprint density at radius 2 is 2.11 bits per heavy atom. The summed E-state index contributed by atoms with van der Waals surface area (Å²) in [5, 5.41) is 10.8. The highest BCUT2D eigenvalue weighted by Gasteiger charge is 2.24.